The Morgan fingerprint density at radius 3 is 2.46 bits per heavy atom. The number of aromatic amines is 1. The van der Waals surface area contributed by atoms with Crippen molar-refractivity contribution in [1.82, 2.24) is 10.3 Å². The second kappa shape index (κ2) is 7.35. The van der Waals surface area contributed by atoms with E-state index in [4.69, 9.17) is 0 Å². The van der Waals surface area contributed by atoms with Crippen molar-refractivity contribution in [2.75, 3.05) is 0 Å². The van der Waals surface area contributed by atoms with Gasteiger partial charge in [0.25, 0.3) is 0 Å². The van der Waals surface area contributed by atoms with Gasteiger partial charge in [0.15, 0.2) is 0 Å². The van der Waals surface area contributed by atoms with E-state index in [-0.39, 0.29) is 12.0 Å². The van der Waals surface area contributed by atoms with Crippen molar-refractivity contribution in [2.45, 2.75) is 18.9 Å². The quantitative estimate of drug-likeness (QED) is 0.634. The Kier molecular flexibility index (Phi) is 4.97. The van der Waals surface area contributed by atoms with E-state index in [0.717, 1.165) is 28.6 Å². The second-order valence-corrected chi connectivity index (χ2v) is 5.90. The Balaban J connectivity index is 1.74. The van der Waals surface area contributed by atoms with Crippen LogP contribution < -0.4 is 5.32 Å². The molecule has 0 fully saturated rings. The van der Waals surface area contributed by atoms with Crippen LogP contribution in [-0.2, 0) is 22.4 Å². The molecule has 0 bridgehead atoms. The summed E-state index contributed by atoms with van der Waals surface area (Å²) in [5, 5.41) is 12.6. The highest BCUT2D eigenvalue weighted by Gasteiger charge is 2.23. The highest BCUT2D eigenvalue weighted by atomic mass is 19.1. The molecule has 2 aromatic carbocycles. The van der Waals surface area contributed by atoms with Gasteiger partial charge in [-0.2, -0.15) is 0 Å². The molecule has 3 N–H and O–H groups in total. The first-order chi connectivity index (χ1) is 12.5. The lowest BCUT2D eigenvalue weighted by atomic mass is 10.0. The van der Waals surface area contributed by atoms with Crippen molar-refractivity contribution >= 4 is 22.8 Å². The average molecular weight is 358 g/mol. The summed E-state index contributed by atoms with van der Waals surface area (Å²) in [6, 6.07) is 9.46. The fraction of sp³-hybridized carbons (Fsp3) is 0.158. The van der Waals surface area contributed by atoms with E-state index in [1.807, 2.05) is 24.3 Å². The van der Waals surface area contributed by atoms with Crippen molar-refractivity contribution in [3.8, 4) is 0 Å². The van der Waals surface area contributed by atoms with Crippen LogP contribution in [0.3, 0.4) is 0 Å². The molecule has 0 saturated heterocycles. The van der Waals surface area contributed by atoms with Gasteiger partial charge in [-0.15, -0.1) is 0 Å². The first-order valence-electron chi connectivity index (χ1n) is 7.95. The minimum atomic E-state index is -1.22. The van der Waals surface area contributed by atoms with Gasteiger partial charge in [0, 0.05) is 29.1 Å². The normalized spacial score (nSPS) is 12.1. The van der Waals surface area contributed by atoms with Gasteiger partial charge in [-0.25, -0.2) is 13.6 Å². The number of aliphatic carboxylic acids is 1. The van der Waals surface area contributed by atoms with Crippen molar-refractivity contribution in [1.29, 1.82) is 0 Å². The molecule has 26 heavy (non-hydrogen) atoms. The number of hydrogen-bond acceptors (Lipinski definition) is 2. The maximum atomic E-state index is 13.6. The molecule has 1 atom stereocenters. The number of H-pyrrole nitrogens is 1. The van der Waals surface area contributed by atoms with Crippen molar-refractivity contribution < 1.29 is 23.5 Å². The van der Waals surface area contributed by atoms with Crippen LogP contribution in [0, 0.1) is 11.6 Å². The predicted molar refractivity (Wildman–Crippen MR) is 91.6 cm³/mol. The number of carbonyl (C=O) groups excluding carboxylic acids is 1. The SMILES string of the molecule is O=C(Cc1c(F)cccc1F)N[C@@H](Cc1c[nH]c2ccccc12)C(=O)O. The van der Waals surface area contributed by atoms with Crippen LogP contribution in [0.15, 0.2) is 48.7 Å². The van der Waals surface area contributed by atoms with Gasteiger partial charge < -0.3 is 15.4 Å². The predicted octanol–water partition coefficient (Wildman–Crippen LogP) is 2.80. The molecule has 1 amide bonds. The van der Waals surface area contributed by atoms with E-state index in [2.05, 4.69) is 10.3 Å². The number of rotatable bonds is 6. The number of hydrogen-bond donors (Lipinski definition) is 3. The number of para-hydroxylation sites is 1. The highest BCUT2D eigenvalue weighted by molar-refractivity contribution is 5.87. The molecule has 0 unspecified atom stereocenters. The third-order valence-corrected chi connectivity index (χ3v) is 4.13. The van der Waals surface area contributed by atoms with Crippen LogP contribution in [0.2, 0.25) is 0 Å². The average Bonchev–Trinajstić information content (AvgIpc) is 3.01. The first kappa shape index (κ1) is 17.6. The molecule has 0 radical (unpaired) electrons. The van der Waals surface area contributed by atoms with Crippen molar-refractivity contribution in [3.63, 3.8) is 0 Å². The fourth-order valence-electron chi connectivity index (χ4n) is 2.83. The second-order valence-electron chi connectivity index (χ2n) is 5.90. The fourth-order valence-corrected chi connectivity index (χ4v) is 2.83. The molecule has 134 valence electrons. The smallest absolute Gasteiger partial charge is 0.326 e. The van der Waals surface area contributed by atoms with Gasteiger partial charge in [0.1, 0.15) is 17.7 Å². The van der Waals surface area contributed by atoms with E-state index in [1.54, 1.807) is 6.20 Å². The number of nitrogens with one attached hydrogen (secondary N) is 2. The minimum Gasteiger partial charge on any atom is -0.480 e. The molecular formula is C19H16F2N2O3. The number of amides is 1. The Morgan fingerprint density at radius 1 is 1.08 bits per heavy atom. The lowest BCUT2D eigenvalue weighted by Crippen LogP contribution is -2.43. The van der Waals surface area contributed by atoms with Gasteiger partial charge in [0.05, 0.1) is 6.42 Å². The van der Waals surface area contributed by atoms with E-state index in [0.29, 0.717) is 0 Å². The van der Waals surface area contributed by atoms with E-state index >= 15 is 0 Å². The highest BCUT2D eigenvalue weighted by Crippen LogP contribution is 2.19. The number of fused-ring (bicyclic) bond motifs is 1. The monoisotopic (exact) mass is 358 g/mol. The van der Waals surface area contributed by atoms with E-state index < -0.39 is 36.0 Å². The number of benzene rings is 2. The van der Waals surface area contributed by atoms with Crippen LogP contribution in [0.1, 0.15) is 11.1 Å². The summed E-state index contributed by atoms with van der Waals surface area (Å²) in [4.78, 5) is 26.7. The summed E-state index contributed by atoms with van der Waals surface area (Å²) in [5.41, 5.74) is 1.19. The number of carboxylic acids is 1. The number of carboxylic acid groups (broad SMARTS) is 1. The zero-order chi connectivity index (χ0) is 18.7. The topological polar surface area (TPSA) is 82.2 Å². The zero-order valence-corrected chi connectivity index (χ0v) is 13.6. The Morgan fingerprint density at radius 2 is 1.77 bits per heavy atom. The summed E-state index contributed by atoms with van der Waals surface area (Å²) in [7, 11) is 0. The molecule has 3 aromatic rings. The van der Waals surface area contributed by atoms with Gasteiger partial charge in [-0.3, -0.25) is 4.79 Å². The molecule has 1 heterocycles. The van der Waals surface area contributed by atoms with Crippen LogP contribution in [0.4, 0.5) is 8.78 Å². The molecule has 0 aliphatic rings. The maximum Gasteiger partial charge on any atom is 0.326 e. The summed E-state index contributed by atoms with van der Waals surface area (Å²) in [6.07, 6.45) is 1.16. The Bertz CT molecular complexity index is 948. The summed E-state index contributed by atoms with van der Waals surface area (Å²) in [6.45, 7) is 0. The van der Waals surface area contributed by atoms with Crippen molar-refractivity contribution in [2.24, 2.45) is 0 Å². The van der Waals surface area contributed by atoms with Gasteiger partial charge in [0.2, 0.25) is 5.91 Å². The Hall–Kier alpha value is -3.22. The molecule has 0 saturated carbocycles. The molecule has 0 aliphatic carbocycles. The third kappa shape index (κ3) is 3.72. The molecule has 7 heteroatoms. The van der Waals surface area contributed by atoms with Gasteiger partial charge >= 0.3 is 5.97 Å². The minimum absolute atomic E-state index is 0.0465. The van der Waals surface area contributed by atoms with Gasteiger partial charge in [-0.05, 0) is 23.8 Å². The number of halogens is 2. The summed E-state index contributed by atoms with van der Waals surface area (Å²) < 4.78 is 27.3. The maximum absolute atomic E-state index is 13.6. The van der Waals surface area contributed by atoms with Crippen LogP contribution in [0.25, 0.3) is 10.9 Å². The lowest BCUT2D eigenvalue weighted by Gasteiger charge is -2.14. The van der Waals surface area contributed by atoms with Crippen molar-refractivity contribution in [3.05, 3.63) is 71.4 Å². The number of carbonyl (C=O) groups is 2. The molecule has 0 spiro atoms. The molecular weight excluding hydrogens is 342 g/mol. The first-order valence-corrected chi connectivity index (χ1v) is 7.95. The summed E-state index contributed by atoms with van der Waals surface area (Å²) >= 11 is 0. The van der Waals surface area contributed by atoms with Crippen LogP contribution in [-0.4, -0.2) is 28.0 Å². The molecule has 1 aromatic heterocycles. The number of aromatic nitrogens is 1. The van der Waals surface area contributed by atoms with E-state index in [1.165, 1.54) is 6.07 Å². The van der Waals surface area contributed by atoms with Gasteiger partial charge in [-0.1, -0.05) is 24.3 Å². The standard InChI is InChI=1S/C19H16F2N2O3/c20-14-5-3-6-15(21)13(14)9-18(24)23-17(19(25)26)8-11-10-22-16-7-2-1-4-12(11)16/h1-7,10,17,22H,8-9H2,(H,23,24)(H,25,26)/t17-/m0/s1. The van der Waals surface area contributed by atoms with Crippen LogP contribution in [0.5, 0.6) is 0 Å². The zero-order valence-electron chi connectivity index (χ0n) is 13.6. The Labute approximate surface area is 147 Å². The molecule has 5 nitrogen and oxygen atoms in total. The lowest BCUT2D eigenvalue weighted by molar-refractivity contribution is -0.141. The van der Waals surface area contributed by atoms with Crippen LogP contribution >= 0.6 is 0 Å². The molecule has 0 aliphatic heterocycles. The third-order valence-electron chi connectivity index (χ3n) is 4.13. The van der Waals surface area contributed by atoms with E-state index in [9.17, 15) is 23.5 Å². The summed E-state index contributed by atoms with van der Waals surface area (Å²) in [5.74, 6) is -3.67. The largest absolute Gasteiger partial charge is 0.480 e. The molecule has 3 rings (SSSR count).